The van der Waals surface area contributed by atoms with Crippen molar-refractivity contribution in [2.45, 2.75) is 24.2 Å². The molecule has 3 atom stereocenters. The number of carboxylic acid groups (broad SMARTS) is 1. The van der Waals surface area contributed by atoms with Crippen LogP contribution in [0.15, 0.2) is 60.7 Å². The van der Waals surface area contributed by atoms with Gasteiger partial charge in [0.05, 0.1) is 0 Å². The highest BCUT2D eigenvalue weighted by molar-refractivity contribution is 5.89. The van der Waals surface area contributed by atoms with Gasteiger partial charge in [-0.15, -0.1) is 0 Å². The maximum atomic E-state index is 12.3. The molecule has 0 saturated heterocycles. The molecule has 36 heavy (non-hydrogen) atoms. The van der Waals surface area contributed by atoms with Crippen LogP contribution in [0, 0.1) is 0 Å². The van der Waals surface area contributed by atoms with E-state index >= 15 is 0 Å². The first-order valence-corrected chi connectivity index (χ1v) is 10.4. The van der Waals surface area contributed by atoms with Crippen LogP contribution in [0.25, 0.3) is 12.2 Å². The molecular weight excluding hydrogens is 476 g/mol. The number of phenolic OH excluding ortho intramolecular Hbond substituents is 4. The third-order valence-corrected chi connectivity index (χ3v) is 5.15. The highest BCUT2D eigenvalue weighted by atomic mass is 16.6. The summed E-state index contributed by atoms with van der Waals surface area (Å²) in [5, 5.41) is 57.4. The predicted octanol–water partition coefficient (Wildman–Crippen LogP) is 1.83. The van der Waals surface area contributed by atoms with E-state index in [1.165, 1.54) is 48.6 Å². The Morgan fingerprint density at radius 2 is 1.31 bits per heavy atom. The lowest BCUT2D eigenvalue weighted by molar-refractivity contribution is -0.170. The van der Waals surface area contributed by atoms with Crippen molar-refractivity contribution >= 4 is 30.1 Å². The second kappa shape index (κ2) is 10.7. The minimum absolute atomic E-state index is 0.339. The number of rotatable bonds is 7. The summed E-state index contributed by atoms with van der Waals surface area (Å²) in [6, 6.07) is 7.67. The predicted molar refractivity (Wildman–Crippen MR) is 124 cm³/mol. The van der Waals surface area contributed by atoms with Crippen molar-refractivity contribution in [1.29, 1.82) is 0 Å². The molecule has 0 bridgehead atoms. The Balaban J connectivity index is 1.72. The average molecular weight is 498 g/mol. The summed E-state index contributed by atoms with van der Waals surface area (Å²) in [6.45, 7) is 0. The summed E-state index contributed by atoms with van der Waals surface area (Å²) >= 11 is 0. The molecule has 0 amide bonds. The van der Waals surface area contributed by atoms with Crippen molar-refractivity contribution in [1.82, 2.24) is 0 Å². The maximum Gasteiger partial charge on any atom is 0.339 e. The molecule has 6 N–H and O–H groups in total. The summed E-state index contributed by atoms with van der Waals surface area (Å²) in [6.07, 6.45) is 3.35. The van der Waals surface area contributed by atoms with E-state index in [1.807, 2.05) is 0 Å². The third kappa shape index (κ3) is 6.42. The monoisotopic (exact) mass is 498 g/mol. The lowest BCUT2D eigenvalue weighted by atomic mass is 9.87. The first kappa shape index (κ1) is 25.8. The van der Waals surface area contributed by atoms with Gasteiger partial charge in [0.1, 0.15) is 6.10 Å². The number of hydrogen-bond acceptors (Lipinski definition) is 10. The molecule has 188 valence electrons. The van der Waals surface area contributed by atoms with Gasteiger partial charge in [-0.2, -0.15) is 0 Å². The van der Waals surface area contributed by atoms with E-state index in [2.05, 4.69) is 0 Å². The van der Waals surface area contributed by atoms with Crippen molar-refractivity contribution in [3.63, 3.8) is 0 Å². The van der Waals surface area contributed by atoms with Crippen LogP contribution in [-0.4, -0.2) is 66.4 Å². The molecule has 0 heterocycles. The van der Waals surface area contributed by atoms with E-state index in [0.29, 0.717) is 11.1 Å². The Kier molecular flexibility index (Phi) is 7.65. The molecule has 2 aromatic carbocycles. The summed E-state index contributed by atoms with van der Waals surface area (Å²) in [7, 11) is 0. The first-order chi connectivity index (χ1) is 17.0. The normalized spacial score (nSPS) is 21.5. The van der Waals surface area contributed by atoms with Crippen LogP contribution >= 0.6 is 0 Å². The summed E-state index contributed by atoms with van der Waals surface area (Å²) in [5.41, 5.74) is -1.64. The van der Waals surface area contributed by atoms with Crippen molar-refractivity contribution in [2.75, 3.05) is 0 Å². The quantitative estimate of drug-likeness (QED) is 0.141. The second-order valence-corrected chi connectivity index (χ2v) is 7.83. The number of carbonyl (C=O) groups excluding carboxylic acids is 2. The van der Waals surface area contributed by atoms with Crippen LogP contribution in [0.1, 0.15) is 17.5 Å². The number of carboxylic acids is 1. The van der Waals surface area contributed by atoms with Gasteiger partial charge in [-0.05, 0) is 59.7 Å². The number of hydrogen-bond donors (Lipinski definition) is 6. The number of ether oxygens (including phenoxy) is 2. The van der Waals surface area contributed by atoms with Crippen molar-refractivity contribution in [3.05, 3.63) is 71.8 Å². The molecule has 0 fully saturated rings. The highest BCUT2D eigenvalue weighted by Crippen LogP contribution is 2.29. The van der Waals surface area contributed by atoms with Gasteiger partial charge < -0.3 is 40.1 Å². The van der Waals surface area contributed by atoms with Crippen molar-refractivity contribution in [3.8, 4) is 23.0 Å². The van der Waals surface area contributed by atoms with E-state index in [-0.39, 0.29) is 11.5 Å². The molecule has 1 aliphatic carbocycles. The van der Waals surface area contributed by atoms with Crippen LogP contribution < -0.4 is 0 Å². The fourth-order valence-corrected chi connectivity index (χ4v) is 3.23. The molecule has 0 aromatic heterocycles. The van der Waals surface area contributed by atoms with Crippen LogP contribution in [0.3, 0.4) is 0 Å². The number of aliphatic hydroxyl groups is 1. The van der Waals surface area contributed by atoms with E-state index in [4.69, 9.17) is 9.47 Å². The fraction of sp³-hybridized carbons (Fsp3) is 0.160. The molecule has 0 saturated carbocycles. The molecule has 11 heteroatoms. The summed E-state index contributed by atoms with van der Waals surface area (Å²) < 4.78 is 10.5. The molecular formula is C25H22O11. The maximum absolute atomic E-state index is 12.3. The molecule has 0 aliphatic heterocycles. The standard InChI is InChI=1S/C25H22O11/c26-16-5-1-14(11-18(16)28)3-7-22(30)35-20-9-10-25(34,24(32)33)13-21(20)36-23(31)8-4-15-2-6-17(27)19(29)12-15/h1-12,20-21,26-29,34H,13H2,(H,32,33)/b7-3+,8-4+/t20-,21-,25+/m1/s1. The van der Waals surface area contributed by atoms with E-state index in [1.54, 1.807) is 0 Å². The molecule has 0 spiro atoms. The van der Waals surface area contributed by atoms with Gasteiger partial charge in [0.25, 0.3) is 0 Å². The minimum atomic E-state index is -2.36. The smallest absolute Gasteiger partial charge is 0.339 e. The van der Waals surface area contributed by atoms with Gasteiger partial charge in [0, 0.05) is 18.6 Å². The number of carbonyl (C=O) groups is 3. The Labute approximate surface area is 204 Å². The Morgan fingerprint density at radius 3 is 1.78 bits per heavy atom. The van der Waals surface area contributed by atoms with Gasteiger partial charge in [0.2, 0.25) is 0 Å². The largest absolute Gasteiger partial charge is 0.504 e. The van der Waals surface area contributed by atoms with E-state index in [9.17, 15) is 45.0 Å². The lowest BCUT2D eigenvalue weighted by Crippen LogP contribution is -2.48. The Hall–Kier alpha value is -4.77. The zero-order valence-electron chi connectivity index (χ0n) is 18.5. The Morgan fingerprint density at radius 1 is 0.806 bits per heavy atom. The SMILES string of the molecule is O=C(/C=C/c1ccc(O)c(O)c1)O[C@@H]1C=C[C@@](O)(C(=O)O)C[C@H]1OC(=O)/C=C/c1ccc(O)c(O)c1. The van der Waals surface area contributed by atoms with Gasteiger partial charge in [-0.1, -0.05) is 12.1 Å². The summed E-state index contributed by atoms with van der Waals surface area (Å²) in [5.74, 6) is -4.92. The van der Waals surface area contributed by atoms with E-state index in [0.717, 1.165) is 24.3 Å². The molecule has 0 radical (unpaired) electrons. The van der Waals surface area contributed by atoms with Crippen LogP contribution in [0.4, 0.5) is 0 Å². The molecule has 0 unspecified atom stereocenters. The topological polar surface area (TPSA) is 191 Å². The second-order valence-electron chi connectivity index (χ2n) is 7.83. The fourth-order valence-electron chi connectivity index (χ4n) is 3.23. The van der Waals surface area contributed by atoms with Gasteiger partial charge in [-0.25, -0.2) is 14.4 Å². The van der Waals surface area contributed by atoms with Gasteiger partial charge in [0.15, 0.2) is 34.7 Å². The van der Waals surface area contributed by atoms with Crippen molar-refractivity contribution in [2.24, 2.45) is 0 Å². The van der Waals surface area contributed by atoms with E-state index < -0.39 is 53.6 Å². The molecule has 11 nitrogen and oxygen atoms in total. The summed E-state index contributed by atoms with van der Waals surface area (Å²) in [4.78, 5) is 36.1. The first-order valence-electron chi connectivity index (χ1n) is 10.4. The third-order valence-electron chi connectivity index (χ3n) is 5.15. The average Bonchev–Trinajstić information content (AvgIpc) is 2.82. The highest BCUT2D eigenvalue weighted by Gasteiger charge is 2.44. The number of aromatic hydroxyl groups is 4. The minimum Gasteiger partial charge on any atom is -0.504 e. The number of phenols is 4. The van der Waals surface area contributed by atoms with Crippen LogP contribution in [-0.2, 0) is 23.9 Å². The molecule has 2 aromatic rings. The van der Waals surface area contributed by atoms with Crippen LogP contribution in [0.5, 0.6) is 23.0 Å². The number of esters is 2. The Bertz CT molecular complexity index is 1260. The van der Waals surface area contributed by atoms with Crippen molar-refractivity contribution < 1.29 is 54.5 Å². The number of benzene rings is 2. The lowest BCUT2D eigenvalue weighted by Gasteiger charge is -2.33. The van der Waals surface area contributed by atoms with Crippen LogP contribution in [0.2, 0.25) is 0 Å². The van der Waals surface area contributed by atoms with Gasteiger partial charge in [-0.3, -0.25) is 0 Å². The van der Waals surface area contributed by atoms with Gasteiger partial charge >= 0.3 is 17.9 Å². The molecule has 1 aliphatic rings. The molecule has 3 rings (SSSR count). The zero-order chi connectivity index (χ0) is 26.5. The zero-order valence-corrected chi connectivity index (χ0v) is 18.5. The number of aliphatic carboxylic acids is 1.